The van der Waals surface area contributed by atoms with Gasteiger partial charge in [-0.05, 0) is 12.1 Å². The number of aromatic nitrogens is 2. The number of ether oxygens (including phenoxy) is 1. The van der Waals surface area contributed by atoms with Gasteiger partial charge in [-0.15, -0.1) is 0 Å². The van der Waals surface area contributed by atoms with Crippen molar-refractivity contribution >= 4 is 5.91 Å². The Morgan fingerprint density at radius 1 is 1.27 bits per heavy atom. The van der Waals surface area contributed by atoms with Crippen LogP contribution < -0.4 is 4.74 Å². The standard InChI is InChI=1S/C17H20F2N4O3/c1-2-14-20-15(26-21-14)11-22-7-9-23(10-8-22)16(24)12-5-3-4-6-13(12)25-17(18)19/h3-6,17H,2,7-11H2,1H3. The van der Waals surface area contributed by atoms with E-state index in [0.717, 1.165) is 0 Å². The molecule has 0 radical (unpaired) electrons. The third kappa shape index (κ3) is 4.34. The van der Waals surface area contributed by atoms with Crippen molar-refractivity contribution in [3.63, 3.8) is 0 Å². The minimum atomic E-state index is -2.97. The van der Waals surface area contributed by atoms with E-state index in [9.17, 15) is 13.6 Å². The maximum Gasteiger partial charge on any atom is 0.387 e. The second kappa shape index (κ2) is 8.22. The molecular formula is C17H20F2N4O3. The number of halogens is 2. The Morgan fingerprint density at radius 2 is 2.00 bits per heavy atom. The molecule has 26 heavy (non-hydrogen) atoms. The Labute approximate surface area is 149 Å². The summed E-state index contributed by atoms with van der Waals surface area (Å²) in [5.74, 6) is 0.807. The van der Waals surface area contributed by atoms with Crippen LogP contribution in [0.1, 0.15) is 29.0 Å². The SMILES string of the molecule is CCc1noc(CN2CCN(C(=O)c3ccccc3OC(F)F)CC2)n1. The van der Waals surface area contributed by atoms with Crippen LogP contribution in [0.15, 0.2) is 28.8 Å². The summed E-state index contributed by atoms with van der Waals surface area (Å²) in [5.41, 5.74) is 0.144. The number of hydrogen-bond acceptors (Lipinski definition) is 6. The van der Waals surface area contributed by atoms with E-state index in [0.29, 0.717) is 50.9 Å². The fourth-order valence-electron chi connectivity index (χ4n) is 2.81. The topological polar surface area (TPSA) is 71.7 Å². The maximum atomic E-state index is 12.7. The predicted octanol–water partition coefficient (Wildman–Crippen LogP) is 2.19. The Bertz CT molecular complexity index is 745. The summed E-state index contributed by atoms with van der Waals surface area (Å²) in [7, 11) is 0. The van der Waals surface area contributed by atoms with Crippen molar-refractivity contribution in [2.45, 2.75) is 26.5 Å². The zero-order chi connectivity index (χ0) is 18.5. The van der Waals surface area contributed by atoms with Crippen molar-refractivity contribution in [2.24, 2.45) is 0 Å². The van der Waals surface area contributed by atoms with Gasteiger partial charge in [-0.3, -0.25) is 9.69 Å². The van der Waals surface area contributed by atoms with Crippen molar-refractivity contribution < 1.29 is 22.8 Å². The Morgan fingerprint density at radius 3 is 2.65 bits per heavy atom. The van der Waals surface area contributed by atoms with Gasteiger partial charge in [0.05, 0.1) is 12.1 Å². The molecule has 1 fully saturated rings. The largest absolute Gasteiger partial charge is 0.434 e. The van der Waals surface area contributed by atoms with Crippen LogP contribution in [-0.2, 0) is 13.0 Å². The Balaban J connectivity index is 1.58. The highest BCUT2D eigenvalue weighted by Gasteiger charge is 2.25. The number of nitrogens with zero attached hydrogens (tertiary/aromatic N) is 4. The molecule has 1 aromatic heterocycles. The molecule has 7 nitrogen and oxygen atoms in total. The zero-order valence-electron chi connectivity index (χ0n) is 14.4. The first-order chi connectivity index (χ1) is 12.6. The van der Waals surface area contributed by atoms with Crippen molar-refractivity contribution in [3.05, 3.63) is 41.5 Å². The van der Waals surface area contributed by atoms with Gasteiger partial charge < -0.3 is 14.2 Å². The van der Waals surface area contributed by atoms with Gasteiger partial charge in [0.1, 0.15) is 5.75 Å². The molecule has 0 saturated carbocycles. The molecule has 0 atom stereocenters. The van der Waals surface area contributed by atoms with E-state index < -0.39 is 6.61 Å². The number of hydrogen-bond donors (Lipinski definition) is 0. The summed E-state index contributed by atoms with van der Waals surface area (Å²) in [6.45, 7) is 1.74. The predicted molar refractivity (Wildman–Crippen MR) is 87.9 cm³/mol. The van der Waals surface area contributed by atoms with Crippen molar-refractivity contribution in [1.82, 2.24) is 19.9 Å². The molecule has 0 unspecified atom stereocenters. The monoisotopic (exact) mass is 366 g/mol. The Kier molecular flexibility index (Phi) is 5.77. The summed E-state index contributed by atoms with van der Waals surface area (Å²) in [4.78, 5) is 20.7. The maximum absolute atomic E-state index is 12.7. The van der Waals surface area contributed by atoms with Crippen LogP contribution in [0.4, 0.5) is 8.78 Å². The molecule has 1 aliphatic rings. The average molecular weight is 366 g/mol. The van der Waals surface area contributed by atoms with Gasteiger partial charge in [0.15, 0.2) is 5.82 Å². The molecule has 0 bridgehead atoms. The third-order valence-electron chi connectivity index (χ3n) is 4.18. The number of para-hydroxylation sites is 1. The van der Waals surface area contributed by atoms with Crippen LogP contribution >= 0.6 is 0 Å². The minimum Gasteiger partial charge on any atom is -0.434 e. The van der Waals surface area contributed by atoms with Gasteiger partial charge in [0, 0.05) is 32.6 Å². The van der Waals surface area contributed by atoms with Crippen LogP contribution in [0.5, 0.6) is 5.75 Å². The quantitative estimate of drug-likeness (QED) is 0.780. The first-order valence-electron chi connectivity index (χ1n) is 8.43. The van der Waals surface area contributed by atoms with Gasteiger partial charge in [0.25, 0.3) is 5.91 Å². The number of benzene rings is 1. The van der Waals surface area contributed by atoms with Gasteiger partial charge >= 0.3 is 6.61 Å². The van der Waals surface area contributed by atoms with E-state index in [-0.39, 0.29) is 17.2 Å². The van der Waals surface area contributed by atoms with E-state index in [1.54, 1.807) is 17.0 Å². The normalized spacial score (nSPS) is 15.5. The zero-order valence-corrected chi connectivity index (χ0v) is 14.4. The second-order valence-electron chi connectivity index (χ2n) is 5.90. The summed E-state index contributed by atoms with van der Waals surface area (Å²) < 4.78 is 34.7. The van der Waals surface area contributed by atoms with Crippen LogP contribution in [0.2, 0.25) is 0 Å². The van der Waals surface area contributed by atoms with Gasteiger partial charge in [-0.1, -0.05) is 24.2 Å². The van der Waals surface area contributed by atoms with Gasteiger partial charge in [-0.2, -0.15) is 13.8 Å². The molecule has 0 spiro atoms. The first kappa shape index (κ1) is 18.2. The summed E-state index contributed by atoms with van der Waals surface area (Å²) in [6.07, 6.45) is 0.714. The van der Waals surface area contributed by atoms with Crippen molar-refractivity contribution in [1.29, 1.82) is 0 Å². The van der Waals surface area contributed by atoms with Crippen LogP contribution in [-0.4, -0.2) is 58.6 Å². The van der Waals surface area contributed by atoms with Crippen LogP contribution in [0.25, 0.3) is 0 Å². The van der Waals surface area contributed by atoms with E-state index in [1.165, 1.54) is 12.1 Å². The van der Waals surface area contributed by atoms with Crippen molar-refractivity contribution in [3.8, 4) is 5.75 Å². The van der Waals surface area contributed by atoms with E-state index in [2.05, 4.69) is 19.8 Å². The van der Waals surface area contributed by atoms with E-state index >= 15 is 0 Å². The summed E-state index contributed by atoms with van der Waals surface area (Å²) in [6, 6.07) is 6.05. The fraction of sp³-hybridized carbons (Fsp3) is 0.471. The molecule has 1 aromatic carbocycles. The van der Waals surface area contributed by atoms with E-state index in [4.69, 9.17) is 4.52 Å². The molecule has 9 heteroatoms. The third-order valence-corrected chi connectivity index (χ3v) is 4.18. The number of rotatable bonds is 6. The molecular weight excluding hydrogens is 346 g/mol. The molecule has 0 aliphatic carbocycles. The van der Waals surface area contributed by atoms with Crippen LogP contribution in [0, 0.1) is 0 Å². The lowest BCUT2D eigenvalue weighted by atomic mass is 10.1. The van der Waals surface area contributed by atoms with Crippen LogP contribution in [0.3, 0.4) is 0 Å². The first-order valence-corrected chi connectivity index (χ1v) is 8.43. The molecule has 140 valence electrons. The van der Waals surface area contributed by atoms with Gasteiger partial charge in [-0.25, -0.2) is 0 Å². The number of amides is 1. The highest BCUT2D eigenvalue weighted by molar-refractivity contribution is 5.97. The summed E-state index contributed by atoms with van der Waals surface area (Å²) >= 11 is 0. The average Bonchev–Trinajstić information content (AvgIpc) is 3.09. The Hall–Kier alpha value is -2.55. The lowest BCUT2D eigenvalue weighted by Gasteiger charge is -2.34. The van der Waals surface area contributed by atoms with Crippen molar-refractivity contribution in [2.75, 3.05) is 26.2 Å². The van der Waals surface area contributed by atoms with Gasteiger partial charge in [0.2, 0.25) is 5.89 Å². The second-order valence-corrected chi connectivity index (χ2v) is 5.90. The molecule has 1 aliphatic heterocycles. The van der Waals surface area contributed by atoms with E-state index in [1.807, 2.05) is 6.92 Å². The molecule has 1 saturated heterocycles. The lowest BCUT2D eigenvalue weighted by Crippen LogP contribution is -2.48. The minimum absolute atomic E-state index is 0.104. The number of carbonyl (C=O) groups is 1. The molecule has 2 heterocycles. The number of aryl methyl sites for hydroxylation is 1. The number of piperazine rings is 1. The lowest BCUT2D eigenvalue weighted by molar-refractivity contribution is -0.0503. The molecule has 3 rings (SSSR count). The number of alkyl halides is 2. The number of carbonyl (C=O) groups excluding carboxylic acids is 1. The molecule has 1 amide bonds. The molecule has 0 N–H and O–H groups in total. The smallest absolute Gasteiger partial charge is 0.387 e. The molecule has 2 aromatic rings. The fourth-order valence-corrected chi connectivity index (χ4v) is 2.81. The highest BCUT2D eigenvalue weighted by Crippen LogP contribution is 2.22. The summed E-state index contributed by atoms with van der Waals surface area (Å²) in [5, 5.41) is 3.86. The highest BCUT2D eigenvalue weighted by atomic mass is 19.3.